The molecule has 2 aromatic rings. The van der Waals surface area contributed by atoms with Crippen LogP contribution in [0.2, 0.25) is 0 Å². The number of thiophene rings is 1. The fraction of sp³-hybridized carbons (Fsp3) is 0.600. The number of anilines is 1. The van der Waals surface area contributed by atoms with Crippen molar-refractivity contribution in [3.8, 4) is 0 Å². The molecule has 6 heteroatoms. The summed E-state index contributed by atoms with van der Waals surface area (Å²) in [5.74, 6) is 1.83. The van der Waals surface area contributed by atoms with Crippen LogP contribution in [0, 0.1) is 0 Å². The Morgan fingerprint density at radius 1 is 1.48 bits per heavy atom. The van der Waals surface area contributed by atoms with Gasteiger partial charge in [0.15, 0.2) is 0 Å². The van der Waals surface area contributed by atoms with Gasteiger partial charge in [0.25, 0.3) is 0 Å². The van der Waals surface area contributed by atoms with E-state index in [4.69, 9.17) is 0 Å². The van der Waals surface area contributed by atoms with Crippen LogP contribution in [0.15, 0.2) is 11.4 Å². The normalized spacial score (nSPS) is 19.7. The molecule has 0 radical (unpaired) electrons. The summed E-state index contributed by atoms with van der Waals surface area (Å²) in [6, 6.07) is 2.75. The number of hydrogen-bond donors (Lipinski definition) is 1. The molecule has 1 aliphatic rings. The Kier molecular flexibility index (Phi) is 4.37. The summed E-state index contributed by atoms with van der Waals surface area (Å²) in [6.07, 6.45) is 2.62. The lowest BCUT2D eigenvalue weighted by molar-refractivity contribution is 0.213. The van der Waals surface area contributed by atoms with E-state index in [1.165, 1.54) is 19.4 Å². The molecule has 3 rings (SSSR count). The predicted octanol–water partition coefficient (Wildman–Crippen LogP) is 2.26. The van der Waals surface area contributed by atoms with Gasteiger partial charge in [-0.3, -0.25) is 4.90 Å². The molecular weight excluding hydrogens is 282 g/mol. The van der Waals surface area contributed by atoms with Gasteiger partial charge in [-0.2, -0.15) is 0 Å². The van der Waals surface area contributed by atoms with E-state index in [2.05, 4.69) is 50.6 Å². The predicted molar refractivity (Wildman–Crippen MR) is 88.9 cm³/mol. The van der Waals surface area contributed by atoms with Crippen molar-refractivity contribution >= 4 is 27.4 Å². The fourth-order valence-corrected chi connectivity index (χ4v) is 3.82. The van der Waals surface area contributed by atoms with Crippen LogP contribution in [0.5, 0.6) is 0 Å². The number of fused-ring (bicyclic) bond motifs is 1. The van der Waals surface area contributed by atoms with Gasteiger partial charge in [0.2, 0.25) is 0 Å². The van der Waals surface area contributed by atoms with Gasteiger partial charge in [-0.05, 0) is 44.9 Å². The van der Waals surface area contributed by atoms with Gasteiger partial charge in [0, 0.05) is 19.6 Å². The molecule has 5 nitrogen and oxygen atoms in total. The Bertz CT molecular complexity index is 611. The molecule has 1 N–H and O–H groups in total. The molecule has 0 spiro atoms. The van der Waals surface area contributed by atoms with Crippen molar-refractivity contribution in [2.45, 2.75) is 25.4 Å². The number of likely N-dealkylation sites (tertiary alicyclic amines) is 1. The monoisotopic (exact) mass is 305 g/mol. The van der Waals surface area contributed by atoms with Gasteiger partial charge in [-0.1, -0.05) is 0 Å². The Labute approximate surface area is 130 Å². The first-order chi connectivity index (χ1) is 10.2. The molecule has 1 atom stereocenters. The number of rotatable bonds is 5. The zero-order chi connectivity index (χ0) is 14.8. The fourth-order valence-electron chi connectivity index (χ4n) is 3.04. The number of nitrogens with zero attached hydrogens (tertiary/aromatic N) is 4. The molecule has 114 valence electrons. The van der Waals surface area contributed by atoms with Crippen LogP contribution in [0.25, 0.3) is 10.2 Å². The Balaban J connectivity index is 1.71. The zero-order valence-corrected chi connectivity index (χ0v) is 13.8. The van der Waals surface area contributed by atoms with Crippen molar-refractivity contribution in [3.63, 3.8) is 0 Å². The summed E-state index contributed by atoms with van der Waals surface area (Å²) < 4.78 is 0. The van der Waals surface area contributed by atoms with E-state index < -0.39 is 0 Å². The third-order valence-electron chi connectivity index (χ3n) is 4.21. The minimum Gasteiger partial charge on any atom is -0.372 e. The summed E-state index contributed by atoms with van der Waals surface area (Å²) >= 11 is 1.67. The third kappa shape index (κ3) is 3.17. The first kappa shape index (κ1) is 14.7. The standard InChI is InChI=1S/C15H23N5S/c1-16-14-12-6-8-21-15(12)18-13(17-14)10-19(2)9-11-5-4-7-20(11)3/h6,8,11H,4-5,7,9-10H2,1-3H3,(H,16,17,18). The Morgan fingerprint density at radius 2 is 2.33 bits per heavy atom. The second-order valence-electron chi connectivity index (χ2n) is 5.85. The molecule has 3 heterocycles. The van der Waals surface area contributed by atoms with E-state index >= 15 is 0 Å². The summed E-state index contributed by atoms with van der Waals surface area (Å²) in [6.45, 7) is 3.10. The average Bonchev–Trinajstić information content (AvgIpc) is 3.07. The zero-order valence-electron chi connectivity index (χ0n) is 13.0. The van der Waals surface area contributed by atoms with Crippen LogP contribution in [0.3, 0.4) is 0 Å². The highest BCUT2D eigenvalue weighted by Crippen LogP contribution is 2.25. The minimum absolute atomic E-state index is 0.671. The summed E-state index contributed by atoms with van der Waals surface area (Å²) in [7, 11) is 6.30. The smallest absolute Gasteiger partial charge is 0.146 e. The minimum atomic E-state index is 0.671. The van der Waals surface area contributed by atoms with E-state index in [-0.39, 0.29) is 0 Å². The lowest BCUT2D eigenvalue weighted by Crippen LogP contribution is -2.36. The summed E-state index contributed by atoms with van der Waals surface area (Å²) in [5.41, 5.74) is 0. The SMILES string of the molecule is CNc1nc(CN(C)CC2CCCN2C)nc2sccc12. The van der Waals surface area contributed by atoms with E-state index in [1.807, 2.05) is 7.05 Å². The van der Waals surface area contributed by atoms with Gasteiger partial charge < -0.3 is 10.2 Å². The van der Waals surface area contributed by atoms with Crippen LogP contribution in [-0.4, -0.2) is 60.0 Å². The number of hydrogen-bond acceptors (Lipinski definition) is 6. The highest BCUT2D eigenvalue weighted by Gasteiger charge is 2.22. The molecule has 0 bridgehead atoms. The first-order valence-electron chi connectivity index (χ1n) is 7.48. The Hall–Kier alpha value is -1.24. The van der Waals surface area contributed by atoms with Crippen molar-refractivity contribution < 1.29 is 0 Å². The van der Waals surface area contributed by atoms with Crippen LogP contribution < -0.4 is 5.32 Å². The van der Waals surface area contributed by atoms with E-state index in [9.17, 15) is 0 Å². The van der Waals surface area contributed by atoms with E-state index in [0.717, 1.165) is 34.9 Å². The summed E-state index contributed by atoms with van der Waals surface area (Å²) in [4.78, 5) is 15.2. The highest BCUT2D eigenvalue weighted by atomic mass is 32.1. The summed E-state index contributed by atoms with van der Waals surface area (Å²) in [5, 5.41) is 6.36. The molecule has 0 aromatic carbocycles. The van der Waals surface area contributed by atoms with Crippen molar-refractivity contribution in [1.29, 1.82) is 0 Å². The molecule has 1 fully saturated rings. The molecule has 1 aliphatic heterocycles. The second kappa shape index (κ2) is 6.25. The van der Waals surface area contributed by atoms with Crippen molar-refractivity contribution in [2.75, 3.05) is 39.5 Å². The molecule has 0 saturated carbocycles. The average molecular weight is 305 g/mol. The maximum Gasteiger partial charge on any atom is 0.146 e. The molecule has 21 heavy (non-hydrogen) atoms. The lowest BCUT2D eigenvalue weighted by atomic mass is 10.2. The highest BCUT2D eigenvalue weighted by molar-refractivity contribution is 7.16. The van der Waals surface area contributed by atoms with E-state index in [0.29, 0.717) is 6.04 Å². The molecule has 1 saturated heterocycles. The molecule has 0 aliphatic carbocycles. The molecule has 2 aromatic heterocycles. The van der Waals surface area contributed by atoms with Gasteiger partial charge >= 0.3 is 0 Å². The first-order valence-corrected chi connectivity index (χ1v) is 8.36. The van der Waals surface area contributed by atoms with Crippen LogP contribution in [0.4, 0.5) is 5.82 Å². The Morgan fingerprint density at radius 3 is 3.05 bits per heavy atom. The third-order valence-corrected chi connectivity index (χ3v) is 5.02. The van der Waals surface area contributed by atoms with Crippen molar-refractivity contribution in [2.24, 2.45) is 0 Å². The van der Waals surface area contributed by atoms with Crippen LogP contribution in [0.1, 0.15) is 18.7 Å². The number of aromatic nitrogens is 2. The maximum absolute atomic E-state index is 4.69. The van der Waals surface area contributed by atoms with Gasteiger partial charge in [0.1, 0.15) is 16.5 Å². The maximum atomic E-state index is 4.69. The van der Waals surface area contributed by atoms with Gasteiger partial charge in [-0.25, -0.2) is 9.97 Å². The lowest BCUT2D eigenvalue weighted by Gasteiger charge is -2.25. The van der Waals surface area contributed by atoms with Crippen molar-refractivity contribution in [1.82, 2.24) is 19.8 Å². The van der Waals surface area contributed by atoms with Gasteiger partial charge in [0.05, 0.1) is 11.9 Å². The van der Waals surface area contributed by atoms with Crippen molar-refractivity contribution in [3.05, 3.63) is 17.3 Å². The topological polar surface area (TPSA) is 44.3 Å². The van der Waals surface area contributed by atoms with Gasteiger partial charge in [-0.15, -0.1) is 11.3 Å². The molecule has 1 unspecified atom stereocenters. The largest absolute Gasteiger partial charge is 0.372 e. The van der Waals surface area contributed by atoms with Crippen LogP contribution in [-0.2, 0) is 6.54 Å². The van der Waals surface area contributed by atoms with Crippen LogP contribution >= 0.6 is 11.3 Å². The number of likely N-dealkylation sites (N-methyl/N-ethyl adjacent to an activating group) is 2. The molecule has 0 amide bonds. The molecular formula is C15H23N5S. The second-order valence-corrected chi connectivity index (χ2v) is 6.75. The number of nitrogens with one attached hydrogen (secondary N) is 1. The quantitative estimate of drug-likeness (QED) is 0.918. The van der Waals surface area contributed by atoms with E-state index in [1.54, 1.807) is 11.3 Å².